The van der Waals surface area contributed by atoms with Crippen LogP contribution >= 0.6 is 15.9 Å². The lowest BCUT2D eigenvalue weighted by molar-refractivity contribution is -0.157. The molecular formula is C19H13BrO5. The third-order valence-corrected chi connectivity index (χ3v) is 5.94. The zero-order chi connectivity index (χ0) is 18.0. The summed E-state index contributed by atoms with van der Waals surface area (Å²) in [6, 6.07) is 13.4. The molecule has 3 atom stereocenters. The molecule has 1 fully saturated rings. The number of rotatable bonds is 3. The van der Waals surface area contributed by atoms with E-state index < -0.39 is 28.7 Å². The Hall–Kier alpha value is -2.47. The lowest BCUT2D eigenvalue weighted by atomic mass is 9.87. The fourth-order valence-corrected chi connectivity index (χ4v) is 4.39. The van der Waals surface area contributed by atoms with E-state index in [2.05, 4.69) is 15.9 Å². The first-order valence-corrected chi connectivity index (χ1v) is 8.49. The van der Waals surface area contributed by atoms with Crippen molar-refractivity contribution in [1.29, 1.82) is 0 Å². The first kappa shape index (κ1) is 16.0. The number of hydrogen-bond acceptors (Lipinski definition) is 4. The molecule has 0 saturated heterocycles. The van der Waals surface area contributed by atoms with Crippen molar-refractivity contribution in [2.75, 3.05) is 0 Å². The van der Waals surface area contributed by atoms with Gasteiger partial charge in [0.25, 0.3) is 0 Å². The molecule has 25 heavy (non-hydrogen) atoms. The fourth-order valence-electron chi connectivity index (χ4n) is 4.13. The predicted octanol–water partition coefficient (Wildman–Crippen LogP) is 3.43. The standard InChI is InChI=1S/C19H13BrO5/c1-18(15(21)10-6-8-11(20)9-7-10)14-12-4-2-3-5-13(12)25-17(24)19(14,18)16(22)23/h2-9,14H,1H3,(H,22,23)/t14-,18-,19-/m0/s1. The first-order valence-electron chi connectivity index (χ1n) is 7.70. The number of esters is 1. The van der Waals surface area contributed by atoms with Crippen molar-refractivity contribution in [2.45, 2.75) is 12.8 Å². The lowest BCUT2D eigenvalue weighted by Gasteiger charge is -2.20. The van der Waals surface area contributed by atoms with Crippen molar-refractivity contribution < 1.29 is 24.2 Å². The number of carbonyl (C=O) groups excluding carboxylic acids is 2. The Labute approximate surface area is 151 Å². The van der Waals surface area contributed by atoms with Crippen LogP contribution in [0.1, 0.15) is 28.8 Å². The van der Waals surface area contributed by atoms with Gasteiger partial charge in [0.05, 0.1) is 5.41 Å². The van der Waals surface area contributed by atoms with E-state index >= 15 is 0 Å². The third-order valence-electron chi connectivity index (χ3n) is 5.42. The Morgan fingerprint density at radius 1 is 1.12 bits per heavy atom. The largest absolute Gasteiger partial charge is 0.480 e. The van der Waals surface area contributed by atoms with Gasteiger partial charge < -0.3 is 9.84 Å². The van der Waals surface area contributed by atoms with E-state index in [1.54, 1.807) is 55.5 Å². The van der Waals surface area contributed by atoms with Crippen molar-refractivity contribution >= 4 is 33.7 Å². The molecule has 4 rings (SSSR count). The molecule has 126 valence electrons. The van der Waals surface area contributed by atoms with E-state index in [1.165, 1.54) is 0 Å². The predicted molar refractivity (Wildman–Crippen MR) is 91.5 cm³/mol. The molecule has 1 aliphatic carbocycles. The van der Waals surface area contributed by atoms with Crippen LogP contribution in [0.2, 0.25) is 0 Å². The van der Waals surface area contributed by atoms with Crippen molar-refractivity contribution in [3.63, 3.8) is 0 Å². The molecule has 2 aliphatic rings. The van der Waals surface area contributed by atoms with Crippen molar-refractivity contribution in [1.82, 2.24) is 0 Å². The summed E-state index contributed by atoms with van der Waals surface area (Å²) >= 11 is 3.31. The molecule has 1 aliphatic heterocycles. The topological polar surface area (TPSA) is 80.7 Å². The summed E-state index contributed by atoms with van der Waals surface area (Å²) in [6.07, 6.45) is 0. The Morgan fingerprint density at radius 2 is 1.76 bits per heavy atom. The van der Waals surface area contributed by atoms with Gasteiger partial charge in [0.2, 0.25) is 0 Å². The third kappa shape index (κ3) is 1.80. The Bertz CT molecular complexity index is 935. The molecule has 2 aromatic carbocycles. The van der Waals surface area contributed by atoms with Gasteiger partial charge in [-0.3, -0.25) is 14.4 Å². The highest BCUT2D eigenvalue weighted by Gasteiger charge is 2.88. The van der Waals surface area contributed by atoms with Gasteiger partial charge in [-0.05, 0) is 25.1 Å². The second-order valence-corrected chi connectivity index (χ2v) is 7.43. The van der Waals surface area contributed by atoms with Crippen molar-refractivity contribution in [3.05, 3.63) is 64.1 Å². The van der Waals surface area contributed by atoms with Crippen molar-refractivity contribution in [2.24, 2.45) is 10.8 Å². The minimum Gasteiger partial charge on any atom is -0.480 e. The summed E-state index contributed by atoms with van der Waals surface area (Å²) in [5.41, 5.74) is -2.33. The maximum atomic E-state index is 13.2. The molecule has 1 saturated carbocycles. The molecule has 0 amide bonds. The highest BCUT2D eigenvalue weighted by Crippen LogP contribution is 2.78. The summed E-state index contributed by atoms with van der Waals surface area (Å²) < 4.78 is 6.08. The van der Waals surface area contributed by atoms with Crippen LogP contribution in [0, 0.1) is 10.8 Å². The molecule has 0 aromatic heterocycles. The molecule has 1 heterocycles. The van der Waals surface area contributed by atoms with Gasteiger partial charge in [-0.15, -0.1) is 0 Å². The molecule has 0 radical (unpaired) electrons. The minimum absolute atomic E-state index is 0.321. The highest BCUT2D eigenvalue weighted by atomic mass is 79.9. The molecular weight excluding hydrogens is 388 g/mol. The van der Waals surface area contributed by atoms with Crippen molar-refractivity contribution in [3.8, 4) is 5.75 Å². The monoisotopic (exact) mass is 400 g/mol. The molecule has 0 bridgehead atoms. The first-order chi connectivity index (χ1) is 11.8. The minimum atomic E-state index is -1.88. The fraction of sp³-hybridized carbons (Fsp3) is 0.211. The summed E-state index contributed by atoms with van der Waals surface area (Å²) in [7, 11) is 0. The average Bonchev–Trinajstić information content (AvgIpc) is 3.19. The number of halogens is 1. The second kappa shape index (κ2) is 5.02. The number of aliphatic carboxylic acids is 1. The number of carboxylic acid groups (broad SMARTS) is 1. The van der Waals surface area contributed by atoms with Crippen LogP contribution in [0.3, 0.4) is 0 Å². The van der Waals surface area contributed by atoms with Crippen LogP contribution in [0.15, 0.2) is 53.0 Å². The van der Waals surface area contributed by atoms with Gasteiger partial charge in [0.15, 0.2) is 11.2 Å². The number of ketones is 1. The Morgan fingerprint density at radius 3 is 2.40 bits per heavy atom. The van der Waals surface area contributed by atoms with Crippen LogP contribution < -0.4 is 4.74 Å². The van der Waals surface area contributed by atoms with E-state index in [1.807, 2.05) is 0 Å². The summed E-state index contributed by atoms with van der Waals surface area (Å²) in [4.78, 5) is 37.9. The second-order valence-electron chi connectivity index (χ2n) is 6.51. The quantitative estimate of drug-likeness (QED) is 0.369. The molecule has 6 heteroatoms. The van der Waals surface area contributed by atoms with E-state index in [9.17, 15) is 19.5 Å². The number of Topliss-reactive ketones (excluding diaryl/α,β-unsaturated/α-hetero) is 1. The molecule has 0 spiro atoms. The SMILES string of the molecule is C[C@@]1(C(=O)c2ccc(Br)cc2)[C@@H]2c3ccccc3OC(=O)[C@@]21C(=O)O. The summed E-state index contributed by atoms with van der Waals surface area (Å²) in [6.45, 7) is 1.54. The van der Waals surface area contributed by atoms with E-state index in [-0.39, 0.29) is 5.78 Å². The van der Waals surface area contributed by atoms with Gasteiger partial charge in [-0.1, -0.05) is 46.3 Å². The van der Waals surface area contributed by atoms with Gasteiger partial charge >= 0.3 is 11.9 Å². The zero-order valence-corrected chi connectivity index (χ0v) is 14.7. The van der Waals surface area contributed by atoms with Gasteiger partial charge in [0, 0.05) is 21.5 Å². The number of carbonyl (C=O) groups is 3. The number of fused-ring (bicyclic) bond motifs is 3. The van der Waals surface area contributed by atoms with E-state index in [0.29, 0.717) is 16.9 Å². The smallest absolute Gasteiger partial charge is 0.330 e. The average molecular weight is 401 g/mol. The molecule has 2 aromatic rings. The van der Waals surface area contributed by atoms with Crippen LogP contribution in [0.4, 0.5) is 0 Å². The van der Waals surface area contributed by atoms with E-state index in [0.717, 1.165) is 4.47 Å². The highest BCUT2D eigenvalue weighted by molar-refractivity contribution is 9.10. The van der Waals surface area contributed by atoms with E-state index in [4.69, 9.17) is 4.74 Å². The van der Waals surface area contributed by atoms with Gasteiger partial charge in [-0.25, -0.2) is 0 Å². The normalized spacial score (nSPS) is 29.2. The van der Waals surface area contributed by atoms with Crippen LogP contribution in [-0.4, -0.2) is 22.8 Å². The number of ether oxygens (including phenoxy) is 1. The summed E-state index contributed by atoms with van der Waals surface area (Å²) in [5, 5.41) is 9.85. The van der Waals surface area contributed by atoms with Gasteiger partial charge in [0.1, 0.15) is 5.75 Å². The van der Waals surface area contributed by atoms with Crippen LogP contribution in [0.25, 0.3) is 0 Å². The number of para-hydroxylation sites is 1. The summed E-state index contributed by atoms with van der Waals surface area (Å²) in [5.74, 6) is -3.00. The number of hydrogen-bond donors (Lipinski definition) is 1. The number of benzene rings is 2. The lowest BCUT2D eigenvalue weighted by Crippen LogP contribution is -2.38. The maximum absolute atomic E-state index is 13.2. The Kier molecular flexibility index (Phi) is 3.22. The molecule has 0 unspecified atom stereocenters. The Balaban J connectivity index is 1.90. The molecule has 1 N–H and O–H groups in total. The zero-order valence-electron chi connectivity index (χ0n) is 13.2. The van der Waals surface area contributed by atoms with Gasteiger partial charge in [-0.2, -0.15) is 0 Å². The maximum Gasteiger partial charge on any atom is 0.330 e. The van der Waals surface area contributed by atoms with Crippen LogP contribution in [-0.2, 0) is 9.59 Å². The number of carboxylic acids is 1. The van der Waals surface area contributed by atoms with Crippen LogP contribution in [0.5, 0.6) is 5.75 Å². The molecule has 5 nitrogen and oxygen atoms in total.